The smallest absolute Gasteiger partial charge is 0.169 e. The number of hydrogen-bond acceptors (Lipinski definition) is 1. The summed E-state index contributed by atoms with van der Waals surface area (Å²) >= 11 is 1.66. The molecule has 0 saturated carbocycles. The van der Waals surface area contributed by atoms with Crippen LogP contribution in [0, 0.1) is 0 Å². The fraction of sp³-hybridized carbons (Fsp3) is 0.464. The van der Waals surface area contributed by atoms with Gasteiger partial charge in [0.05, 0.1) is 0 Å². The van der Waals surface area contributed by atoms with Crippen molar-refractivity contribution in [2.24, 2.45) is 0 Å². The molecule has 3 aromatic rings. The number of aromatic nitrogens is 1. The maximum atomic E-state index is 14.5. The normalized spacial score (nSPS) is 12.3. The van der Waals surface area contributed by atoms with Gasteiger partial charge >= 0.3 is 0 Å². The molecule has 0 N–H and O–H groups in total. The fourth-order valence-electron chi connectivity index (χ4n) is 3.94. The Morgan fingerprint density at radius 1 is 0.806 bits per heavy atom. The van der Waals surface area contributed by atoms with E-state index in [1.807, 2.05) is 0 Å². The van der Waals surface area contributed by atoms with Gasteiger partial charge in [0.2, 0.25) is 0 Å². The molecule has 2 heterocycles. The van der Waals surface area contributed by atoms with Crippen molar-refractivity contribution in [3.05, 3.63) is 76.2 Å². The van der Waals surface area contributed by atoms with Gasteiger partial charge in [-0.25, -0.2) is 8.96 Å². The predicted molar refractivity (Wildman–Crippen MR) is 131 cm³/mol. The summed E-state index contributed by atoms with van der Waals surface area (Å²) in [6.07, 6.45) is 10.2. The van der Waals surface area contributed by atoms with Crippen molar-refractivity contribution in [3.63, 3.8) is 0 Å². The van der Waals surface area contributed by atoms with E-state index in [9.17, 15) is 4.39 Å². The second-order valence-electron chi connectivity index (χ2n) is 10.0. The van der Waals surface area contributed by atoms with Crippen LogP contribution in [0.25, 0.3) is 11.1 Å². The van der Waals surface area contributed by atoms with Crippen molar-refractivity contribution in [1.29, 1.82) is 0 Å². The van der Waals surface area contributed by atoms with Crippen LogP contribution < -0.4 is 4.57 Å². The minimum absolute atomic E-state index is 0.0754. The highest BCUT2D eigenvalue weighted by Crippen LogP contribution is 2.40. The average molecular weight is 439 g/mol. The van der Waals surface area contributed by atoms with Crippen molar-refractivity contribution in [2.75, 3.05) is 0 Å². The summed E-state index contributed by atoms with van der Waals surface area (Å²) in [5.74, 6) is 0. The Kier molecular flexibility index (Phi) is 7.69. The molecule has 0 fully saturated rings. The molecule has 0 atom stereocenters. The monoisotopic (exact) mass is 438 g/mol. The van der Waals surface area contributed by atoms with Gasteiger partial charge < -0.3 is 0 Å². The number of benzene rings is 1. The van der Waals surface area contributed by atoms with Gasteiger partial charge in [-0.2, -0.15) is 0 Å². The molecular formula is C28H37FNS+. The molecule has 0 saturated heterocycles. The molecule has 1 aromatic carbocycles. The summed E-state index contributed by atoms with van der Waals surface area (Å²) in [4.78, 5) is 2.21. The van der Waals surface area contributed by atoms with Crippen LogP contribution in [-0.4, -0.2) is 0 Å². The molecule has 0 spiro atoms. The summed E-state index contributed by atoms with van der Waals surface area (Å²) in [6, 6.07) is 17.0. The van der Waals surface area contributed by atoms with E-state index in [0.717, 1.165) is 17.8 Å². The van der Waals surface area contributed by atoms with Crippen LogP contribution in [0.2, 0.25) is 0 Å². The molecule has 0 aliphatic carbocycles. The van der Waals surface area contributed by atoms with Crippen molar-refractivity contribution in [3.8, 4) is 11.1 Å². The Bertz CT molecular complexity index is 943. The Morgan fingerprint density at radius 2 is 1.42 bits per heavy atom. The van der Waals surface area contributed by atoms with E-state index < -0.39 is 5.67 Å². The van der Waals surface area contributed by atoms with Gasteiger partial charge in [-0.05, 0) is 61.3 Å². The van der Waals surface area contributed by atoms with Crippen molar-refractivity contribution in [1.82, 2.24) is 0 Å². The first-order valence-corrected chi connectivity index (χ1v) is 12.3. The predicted octanol–water partition coefficient (Wildman–Crippen LogP) is 8.01. The van der Waals surface area contributed by atoms with Gasteiger partial charge in [0.1, 0.15) is 12.2 Å². The largest absolute Gasteiger partial charge is 0.238 e. The quantitative estimate of drug-likeness (QED) is 0.235. The van der Waals surface area contributed by atoms with Crippen molar-refractivity contribution >= 4 is 11.3 Å². The van der Waals surface area contributed by atoms with Gasteiger partial charge in [-0.15, -0.1) is 11.3 Å². The van der Waals surface area contributed by atoms with Crippen molar-refractivity contribution in [2.45, 2.75) is 84.4 Å². The number of halogens is 1. The van der Waals surface area contributed by atoms with Gasteiger partial charge in [-0.3, -0.25) is 0 Å². The number of pyridine rings is 1. The Morgan fingerprint density at radius 3 is 2.03 bits per heavy atom. The molecule has 0 aliphatic rings. The van der Waals surface area contributed by atoms with E-state index in [1.165, 1.54) is 47.3 Å². The molecule has 0 unspecified atom stereocenters. The second-order valence-corrected chi connectivity index (χ2v) is 11.1. The third kappa shape index (κ3) is 6.74. The number of unbranched alkanes of at least 4 members (excludes halogenated alkanes) is 3. The van der Waals surface area contributed by atoms with E-state index in [-0.39, 0.29) is 5.41 Å². The molecule has 0 aliphatic heterocycles. The third-order valence-corrected chi connectivity index (χ3v) is 7.59. The summed E-state index contributed by atoms with van der Waals surface area (Å²) in [5, 5.41) is 0. The molecule has 3 rings (SSSR count). The minimum atomic E-state index is -1.25. The van der Waals surface area contributed by atoms with Gasteiger partial charge in [-0.1, -0.05) is 57.5 Å². The maximum absolute atomic E-state index is 14.5. The van der Waals surface area contributed by atoms with E-state index in [2.05, 4.69) is 86.3 Å². The standard InChI is InChI=1S/C28H37FNS/c1-27(2,3)26-24(21-25(31-26)28(4,5)29)15-9-6-7-12-18-30-19-16-23(17-20-30)22-13-10-8-11-14-22/h8,10-11,13-14,16-17,19-21H,6-7,9,12,15,18H2,1-5H3/q+1. The number of nitrogens with zero attached hydrogens (tertiary/aromatic N) is 1. The molecule has 31 heavy (non-hydrogen) atoms. The Balaban J connectivity index is 1.45. The number of aryl methyl sites for hydroxylation is 2. The molecule has 0 amide bonds. The van der Waals surface area contributed by atoms with Gasteiger partial charge in [0.25, 0.3) is 0 Å². The lowest BCUT2D eigenvalue weighted by Crippen LogP contribution is -2.32. The SMILES string of the molecule is CC(C)(C)c1sc(C(C)(C)F)cc1CCCCCC[n+]1ccc(-c2ccccc2)cc1. The number of thiophene rings is 1. The molecule has 0 radical (unpaired) electrons. The summed E-state index contributed by atoms with van der Waals surface area (Å²) in [7, 11) is 0. The number of hydrogen-bond donors (Lipinski definition) is 0. The zero-order chi connectivity index (χ0) is 22.5. The highest BCUT2D eigenvalue weighted by atomic mass is 32.1. The first kappa shape index (κ1) is 23.7. The van der Waals surface area contributed by atoms with Crippen LogP contribution in [0.1, 0.15) is 75.6 Å². The van der Waals surface area contributed by atoms with Crippen molar-refractivity contribution < 1.29 is 8.96 Å². The molecule has 0 bridgehead atoms. The van der Waals surface area contributed by atoms with Crippen LogP contribution in [0.5, 0.6) is 0 Å². The lowest BCUT2D eigenvalue weighted by molar-refractivity contribution is -0.697. The Labute approximate surface area is 192 Å². The van der Waals surface area contributed by atoms with Gasteiger partial charge in [0, 0.05) is 28.3 Å². The molecule has 1 nitrogen and oxygen atoms in total. The van der Waals surface area contributed by atoms with Crippen LogP contribution >= 0.6 is 11.3 Å². The van der Waals surface area contributed by atoms with Crippen LogP contribution in [0.4, 0.5) is 4.39 Å². The average Bonchev–Trinajstić information content (AvgIpc) is 3.17. The van der Waals surface area contributed by atoms with E-state index in [1.54, 1.807) is 25.2 Å². The van der Waals surface area contributed by atoms with E-state index in [4.69, 9.17) is 0 Å². The number of rotatable bonds is 9. The highest BCUT2D eigenvalue weighted by molar-refractivity contribution is 7.12. The molecule has 3 heteroatoms. The van der Waals surface area contributed by atoms with Crippen LogP contribution in [-0.2, 0) is 24.0 Å². The third-order valence-electron chi connectivity index (χ3n) is 5.69. The number of alkyl halides is 1. The first-order chi connectivity index (χ1) is 14.6. The Hall–Kier alpha value is -2.00. The summed E-state index contributed by atoms with van der Waals surface area (Å²) in [6.45, 7) is 11.1. The molecular weight excluding hydrogens is 401 g/mol. The summed E-state index contributed by atoms with van der Waals surface area (Å²) in [5.41, 5.74) is 2.70. The second kappa shape index (κ2) is 10.1. The van der Waals surface area contributed by atoms with Gasteiger partial charge in [0.15, 0.2) is 12.4 Å². The fourth-order valence-corrected chi connectivity index (χ4v) is 5.20. The van der Waals surface area contributed by atoms with E-state index >= 15 is 0 Å². The van der Waals surface area contributed by atoms with E-state index in [0.29, 0.717) is 0 Å². The minimum Gasteiger partial charge on any atom is -0.238 e. The topological polar surface area (TPSA) is 3.88 Å². The maximum Gasteiger partial charge on any atom is 0.169 e. The first-order valence-electron chi connectivity index (χ1n) is 11.5. The lowest BCUT2D eigenvalue weighted by atomic mass is 9.89. The zero-order valence-electron chi connectivity index (χ0n) is 19.7. The highest BCUT2D eigenvalue weighted by Gasteiger charge is 2.27. The summed E-state index contributed by atoms with van der Waals surface area (Å²) < 4.78 is 16.8. The molecule has 2 aromatic heterocycles. The van der Waals surface area contributed by atoms with Crippen LogP contribution in [0.15, 0.2) is 60.9 Å². The lowest BCUT2D eigenvalue weighted by Gasteiger charge is -2.19. The van der Waals surface area contributed by atoms with Crippen LogP contribution in [0.3, 0.4) is 0 Å². The zero-order valence-corrected chi connectivity index (χ0v) is 20.6. The molecule has 166 valence electrons.